The minimum Gasteiger partial charge on any atom is -0.352 e. The van der Waals surface area contributed by atoms with Gasteiger partial charge in [0.25, 0.3) is 10.0 Å². The van der Waals surface area contributed by atoms with Gasteiger partial charge in [-0.2, -0.15) is 13.2 Å². The van der Waals surface area contributed by atoms with Crippen LogP contribution in [0.15, 0.2) is 114 Å². The van der Waals surface area contributed by atoms with E-state index in [1.54, 1.807) is 12.1 Å². The van der Waals surface area contributed by atoms with Gasteiger partial charge in [-0.25, -0.2) is 8.42 Å². The van der Waals surface area contributed by atoms with Crippen molar-refractivity contribution in [1.29, 1.82) is 0 Å². The number of anilines is 1. The molecule has 7 nitrogen and oxygen atoms in total. The molecular weight excluding hydrogens is 627 g/mol. The second kappa shape index (κ2) is 15.3. The van der Waals surface area contributed by atoms with Crippen molar-refractivity contribution in [3.05, 3.63) is 131 Å². The van der Waals surface area contributed by atoms with E-state index in [9.17, 15) is 31.2 Å². The largest absolute Gasteiger partial charge is 0.416 e. The molecular formula is C36H38F3N3O4S. The Labute approximate surface area is 274 Å². The van der Waals surface area contributed by atoms with E-state index in [4.69, 9.17) is 0 Å². The number of alkyl halides is 3. The molecule has 0 aromatic heterocycles. The van der Waals surface area contributed by atoms with Crippen molar-refractivity contribution in [2.24, 2.45) is 0 Å². The van der Waals surface area contributed by atoms with E-state index in [-0.39, 0.29) is 29.6 Å². The number of halogens is 3. The van der Waals surface area contributed by atoms with Gasteiger partial charge in [0.15, 0.2) is 0 Å². The SMILES string of the molecule is CCC(C)NC(=O)C(Cc1ccccc1)N(Cc1cccc(C)c1)C(=O)CN(c1cccc(C(F)(F)F)c1)S(=O)(=O)c1ccccc1. The predicted octanol–water partition coefficient (Wildman–Crippen LogP) is 6.76. The van der Waals surface area contributed by atoms with E-state index in [1.165, 1.54) is 35.2 Å². The molecule has 2 unspecified atom stereocenters. The van der Waals surface area contributed by atoms with Crippen LogP contribution in [-0.4, -0.2) is 43.8 Å². The Bertz CT molecular complexity index is 1770. The fourth-order valence-electron chi connectivity index (χ4n) is 5.09. The van der Waals surface area contributed by atoms with Crippen LogP contribution in [0.1, 0.15) is 42.5 Å². The van der Waals surface area contributed by atoms with Gasteiger partial charge >= 0.3 is 6.18 Å². The lowest BCUT2D eigenvalue weighted by Gasteiger charge is -2.34. The smallest absolute Gasteiger partial charge is 0.352 e. The first kappa shape index (κ1) is 35.2. The van der Waals surface area contributed by atoms with Crippen LogP contribution >= 0.6 is 0 Å². The Morgan fingerprint density at radius 2 is 1.45 bits per heavy atom. The summed E-state index contributed by atoms with van der Waals surface area (Å²) in [7, 11) is -4.53. The van der Waals surface area contributed by atoms with Crippen LogP contribution in [0.3, 0.4) is 0 Å². The van der Waals surface area contributed by atoms with Gasteiger partial charge in [0, 0.05) is 19.0 Å². The maximum atomic E-state index is 14.5. The lowest BCUT2D eigenvalue weighted by Crippen LogP contribution is -2.54. The highest BCUT2D eigenvalue weighted by molar-refractivity contribution is 7.92. The topological polar surface area (TPSA) is 86.8 Å². The molecule has 0 spiro atoms. The summed E-state index contributed by atoms with van der Waals surface area (Å²) in [5.41, 5.74) is 0.976. The molecule has 1 N–H and O–H groups in total. The van der Waals surface area contributed by atoms with Gasteiger partial charge in [-0.1, -0.05) is 91.3 Å². The summed E-state index contributed by atoms with van der Waals surface area (Å²) in [6.07, 6.45) is -4.00. The molecule has 0 bridgehead atoms. The third-order valence-electron chi connectivity index (χ3n) is 7.78. The Hall–Kier alpha value is -4.64. The van der Waals surface area contributed by atoms with Crippen LogP contribution in [0, 0.1) is 6.92 Å². The summed E-state index contributed by atoms with van der Waals surface area (Å²) >= 11 is 0. The van der Waals surface area contributed by atoms with E-state index in [0.717, 1.165) is 23.3 Å². The average Bonchev–Trinajstić information content (AvgIpc) is 3.05. The lowest BCUT2D eigenvalue weighted by atomic mass is 10.0. The number of sulfonamides is 1. The van der Waals surface area contributed by atoms with Gasteiger partial charge in [0.1, 0.15) is 12.6 Å². The summed E-state index contributed by atoms with van der Waals surface area (Å²) in [6, 6.07) is 26.2. The third kappa shape index (κ3) is 9.22. The number of amides is 2. The highest BCUT2D eigenvalue weighted by atomic mass is 32.2. The number of hydrogen-bond acceptors (Lipinski definition) is 4. The first-order chi connectivity index (χ1) is 22.3. The van der Waals surface area contributed by atoms with Gasteiger partial charge in [-0.05, 0) is 61.7 Å². The van der Waals surface area contributed by atoms with Crippen molar-refractivity contribution < 1.29 is 31.2 Å². The molecule has 11 heteroatoms. The number of hydrogen-bond donors (Lipinski definition) is 1. The molecule has 4 aromatic rings. The van der Waals surface area contributed by atoms with Crippen molar-refractivity contribution in [3.63, 3.8) is 0 Å². The zero-order valence-electron chi connectivity index (χ0n) is 26.4. The van der Waals surface area contributed by atoms with E-state index in [0.29, 0.717) is 22.4 Å². The van der Waals surface area contributed by atoms with Crippen molar-refractivity contribution in [2.45, 2.75) is 63.3 Å². The molecule has 47 heavy (non-hydrogen) atoms. The van der Waals surface area contributed by atoms with Crippen molar-refractivity contribution in [2.75, 3.05) is 10.8 Å². The van der Waals surface area contributed by atoms with Crippen LogP contribution in [0.25, 0.3) is 0 Å². The standard InChI is InChI=1S/C36H38F3N3O4S/c1-4-27(3)40-35(44)33(22-28-14-7-5-8-15-28)41(24-29-16-11-13-26(2)21-29)34(43)25-42(47(45,46)32-19-9-6-10-20-32)31-18-12-17-30(23-31)36(37,38)39/h5-21,23,27,33H,4,22,24-25H2,1-3H3,(H,40,44). The molecule has 4 aromatic carbocycles. The average molecular weight is 666 g/mol. The van der Waals surface area contributed by atoms with Crippen LogP contribution in [0.4, 0.5) is 18.9 Å². The molecule has 4 rings (SSSR count). The molecule has 0 saturated heterocycles. The number of carbonyl (C=O) groups is 2. The van der Waals surface area contributed by atoms with E-state index < -0.39 is 46.2 Å². The van der Waals surface area contributed by atoms with Gasteiger partial charge in [0.05, 0.1) is 16.1 Å². The summed E-state index contributed by atoms with van der Waals surface area (Å²) < 4.78 is 70.0. The molecule has 0 heterocycles. The number of rotatable bonds is 13. The Balaban J connectivity index is 1.84. The minimum absolute atomic E-state index is 0.0479. The van der Waals surface area contributed by atoms with E-state index in [1.807, 2.05) is 69.3 Å². The Kier molecular flexibility index (Phi) is 11.5. The van der Waals surface area contributed by atoms with Crippen LogP contribution in [-0.2, 0) is 38.8 Å². The lowest BCUT2D eigenvalue weighted by molar-refractivity contribution is -0.140. The summed E-state index contributed by atoms with van der Waals surface area (Å²) in [6.45, 7) is 4.73. The Morgan fingerprint density at radius 1 is 0.830 bits per heavy atom. The van der Waals surface area contributed by atoms with Crippen molar-refractivity contribution in [1.82, 2.24) is 10.2 Å². The molecule has 0 aliphatic rings. The van der Waals surface area contributed by atoms with Crippen LogP contribution < -0.4 is 9.62 Å². The third-order valence-corrected chi connectivity index (χ3v) is 9.57. The molecule has 0 aliphatic carbocycles. The van der Waals surface area contributed by atoms with Gasteiger partial charge < -0.3 is 10.2 Å². The van der Waals surface area contributed by atoms with E-state index >= 15 is 0 Å². The van der Waals surface area contributed by atoms with Crippen LogP contribution in [0.5, 0.6) is 0 Å². The summed E-state index contributed by atoms with van der Waals surface area (Å²) in [4.78, 5) is 29.5. The maximum Gasteiger partial charge on any atom is 0.416 e. The van der Waals surface area contributed by atoms with Gasteiger partial charge in [-0.3, -0.25) is 13.9 Å². The first-order valence-corrected chi connectivity index (χ1v) is 16.7. The normalized spacial score (nSPS) is 13.0. The molecule has 2 atom stereocenters. The van der Waals surface area contributed by atoms with Crippen LogP contribution in [0.2, 0.25) is 0 Å². The second-order valence-corrected chi connectivity index (χ2v) is 13.3. The molecule has 0 saturated carbocycles. The molecule has 0 aliphatic heterocycles. The second-order valence-electron chi connectivity index (χ2n) is 11.4. The predicted molar refractivity (Wildman–Crippen MR) is 176 cm³/mol. The van der Waals surface area contributed by atoms with E-state index in [2.05, 4.69) is 5.32 Å². The van der Waals surface area contributed by atoms with Crippen molar-refractivity contribution in [3.8, 4) is 0 Å². The number of carbonyl (C=O) groups excluding carboxylic acids is 2. The highest BCUT2D eigenvalue weighted by Gasteiger charge is 2.36. The summed E-state index contributed by atoms with van der Waals surface area (Å²) in [5.74, 6) is -1.19. The molecule has 2 amide bonds. The fourth-order valence-corrected chi connectivity index (χ4v) is 6.52. The molecule has 0 radical (unpaired) electrons. The van der Waals surface area contributed by atoms with Gasteiger partial charge in [0.2, 0.25) is 11.8 Å². The van der Waals surface area contributed by atoms with Gasteiger partial charge in [-0.15, -0.1) is 0 Å². The number of aryl methyl sites for hydroxylation is 1. The fraction of sp³-hybridized carbons (Fsp3) is 0.278. The quantitative estimate of drug-likeness (QED) is 0.171. The monoisotopic (exact) mass is 665 g/mol. The zero-order chi connectivity index (χ0) is 34.2. The molecule has 248 valence electrons. The number of nitrogens with one attached hydrogen (secondary N) is 1. The number of nitrogens with zero attached hydrogens (tertiary/aromatic N) is 2. The minimum atomic E-state index is -4.76. The maximum absolute atomic E-state index is 14.5. The first-order valence-electron chi connectivity index (χ1n) is 15.2. The molecule has 0 fully saturated rings. The highest BCUT2D eigenvalue weighted by Crippen LogP contribution is 2.33. The Morgan fingerprint density at radius 3 is 2.06 bits per heavy atom. The zero-order valence-corrected chi connectivity index (χ0v) is 27.3. The number of benzene rings is 4. The summed E-state index contributed by atoms with van der Waals surface area (Å²) in [5, 5.41) is 2.96. The van der Waals surface area contributed by atoms with Crippen molar-refractivity contribution >= 4 is 27.5 Å².